The lowest BCUT2D eigenvalue weighted by Gasteiger charge is -2.16. The molecule has 1 atom stereocenters. The molecule has 2 N–H and O–H groups in total. The Balaban J connectivity index is 2.30. The predicted molar refractivity (Wildman–Crippen MR) is 59.6 cm³/mol. The molecule has 1 aliphatic carbocycles. The third kappa shape index (κ3) is 1.97. The van der Waals surface area contributed by atoms with Gasteiger partial charge in [0, 0.05) is 11.4 Å². The van der Waals surface area contributed by atoms with Crippen LogP contribution in [-0.2, 0) is 11.2 Å². The molecule has 0 spiro atoms. The molecule has 1 aliphatic rings. The minimum Gasteiger partial charge on any atom is -0.481 e. The van der Waals surface area contributed by atoms with Crippen LogP contribution in [0.5, 0.6) is 0 Å². The number of aliphatic carboxylic acids is 1. The lowest BCUT2D eigenvalue weighted by Crippen LogP contribution is -2.17. The molecular formula is C10H14N2O2S. The Morgan fingerprint density at radius 3 is 3.20 bits per heavy atom. The summed E-state index contributed by atoms with van der Waals surface area (Å²) in [5.74, 6) is -1.14. The van der Waals surface area contributed by atoms with Crippen LogP contribution in [0.2, 0.25) is 0 Å². The molecule has 1 aromatic heterocycles. The highest BCUT2D eigenvalue weighted by Crippen LogP contribution is 2.36. The molecule has 0 aromatic carbocycles. The van der Waals surface area contributed by atoms with Gasteiger partial charge in [-0.3, -0.25) is 4.79 Å². The zero-order valence-electron chi connectivity index (χ0n) is 8.62. The Kier molecular flexibility index (Phi) is 2.90. The number of hydrogen-bond donors (Lipinski definition) is 2. The van der Waals surface area contributed by atoms with Gasteiger partial charge in [0.1, 0.15) is 5.92 Å². The number of thiazole rings is 1. The van der Waals surface area contributed by atoms with Crippen LogP contribution in [-0.4, -0.2) is 22.6 Å². The quantitative estimate of drug-likeness (QED) is 0.828. The van der Waals surface area contributed by atoms with E-state index in [-0.39, 0.29) is 0 Å². The highest BCUT2D eigenvalue weighted by Gasteiger charge is 2.29. The van der Waals surface area contributed by atoms with Gasteiger partial charge in [0.05, 0.1) is 5.69 Å². The van der Waals surface area contributed by atoms with Gasteiger partial charge in [0.25, 0.3) is 0 Å². The van der Waals surface area contributed by atoms with E-state index in [2.05, 4.69) is 10.3 Å². The number of nitrogens with zero attached hydrogens (tertiary/aromatic N) is 1. The standard InChI is InChI=1S/C10H14N2O2S/c1-2-11-10-12-8-6(9(13)14)4-3-5-7(8)15-10/h6H,2-5H2,1H3,(H,11,12)(H,13,14). The van der Waals surface area contributed by atoms with Crippen molar-refractivity contribution in [3.05, 3.63) is 10.6 Å². The number of nitrogens with one attached hydrogen (secondary N) is 1. The SMILES string of the molecule is CCNc1nc2c(s1)CCCC2C(=O)O. The van der Waals surface area contributed by atoms with E-state index in [4.69, 9.17) is 5.11 Å². The van der Waals surface area contributed by atoms with Gasteiger partial charge in [-0.2, -0.15) is 0 Å². The van der Waals surface area contributed by atoms with Crippen molar-refractivity contribution in [3.8, 4) is 0 Å². The summed E-state index contributed by atoms with van der Waals surface area (Å²) in [7, 11) is 0. The first-order chi connectivity index (χ1) is 7.22. The molecule has 1 heterocycles. The number of carbonyl (C=O) groups is 1. The Morgan fingerprint density at radius 2 is 2.53 bits per heavy atom. The van der Waals surface area contributed by atoms with Crippen LogP contribution >= 0.6 is 11.3 Å². The molecule has 0 fully saturated rings. The average molecular weight is 226 g/mol. The Hall–Kier alpha value is -1.10. The Bertz CT molecular complexity index is 375. The highest BCUT2D eigenvalue weighted by atomic mass is 32.1. The van der Waals surface area contributed by atoms with Crippen molar-refractivity contribution in [2.45, 2.75) is 32.1 Å². The zero-order chi connectivity index (χ0) is 10.8. The first-order valence-electron chi connectivity index (χ1n) is 5.18. The number of anilines is 1. The van der Waals surface area contributed by atoms with Crippen LogP contribution in [0.1, 0.15) is 36.3 Å². The normalized spacial score (nSPS) is 19.7. The van der Waals surface area contributed by atoms with E-state index in [1.54, 1.807) is 11.3 Å². The topological polar surface area (TPSA) is 62.2 Å². The molecule has 0 aliphatic heterocycles. The Morgan fingerprint density at radius 1 is 1.73 bits per heavy atom. The van der Waals surface area contributed by atoms with Crippen molar-refractivity contribution in [1.82, 2.24) is 4.98 Å². The molecule has 0 saturated carbocycles. The summed E-state index contributed by atoms with van der Waals surface area (Å²) in [5.41, 5.74) is 0.787. The fraction of sp³-hybridized carbons (Fsp3) is 0.600. The van der Waals surface area contributed by atoms with Gasteiger partial charge in [-0.05, 0) is 26.2 Å². The fourth-order valence-corrected chi connectivity index (χ4v) is 3.02. The first-order valence-corrected chi connectivity index (χ1v) is 6.00. The van der Waals surface area contributed by atoms with Gasteiger partial charge in [-0.15, -0.1) is 11.3 Å². The van der Waals surface area contributed by atoms with E-state index >= 15 is 0 Å². The summed E-state index contributed by atoms with van der Waals surface area (Å²) in [6, 6.07) is 0. The van der Waals surface area contributed by atoms with Gasteiger partial charge >= 0.3 is 5.97 Å². The number of carboxylic acids is 1. The number of aryl methyl sites for hydroxylation is 1. The van der Waals surface area contributed by atoms with Crippen molar-refractivity contribution < 1.29 is 9.90 Å². The van der Waals surface area contributed by atoms with Crippen molar-refractivity contribution in [1.29, 1.82) is 0 Å². The maximum atomic E-state index is 11.0. The fourth-order valence-electron chi connectivity index (χ4n) is 1.89. The second kappa shape index (κ2) is 4.18. The van der Waals surface area contributed by atoms with Crippen molar-refractivity contribution in [3.63, 3.8) is 0 Å². The van der Waals surface area contributed by atoms with E-state index in [0.717, 1.165) is 41.5 Å². The van der Waals surface area contributed by atoms with Gasteiger partial charge in [0.2, 0.25) is 0 Å². The molecule has 2 rings (SSSR count). The lowest BCUT2D eigenvalue weighted by atomic mass is 9.91. The van der Waals surface area contributed by atoms with E-state index in [1.807, 2.05) is 6.92 Å². The van der Waals surface area contributed by atoms with Crippen LogP contribution in [0.15, 0.2) is 0 Å². The van der Waals surface area contributed by atoms with Gasteiger partial charge < -0.3 is 10.4 Å². The Labute approximate surface area is 92.3 Å². The predicted octanol–water partition coefficient (Wildman–Crippen LogP) is 2.08. The number of aromatic nitrogens is 1. The lowest BCUT2D eigenvalue weighted by molar-refractivity contribution is -0.139. The zero-order valence-corrected chi connectivity index (χ0v) is 9.43. The molecular weight excluding hydrogens is 212 g/mol. The number of rotatable bonds is 3. The molecule has 0 bridgehead atoms. The molecule has 0 saturated heterocycles. The number of hydrogen-bond acceptors (Lipinski definition) is 4. The van der Waals surface area contributed by atoms with Crippen LogP contribution in [0.25, 0.3) is 0 Å². The van der Waals surface area contributed by atoms with Gasteiger partial charge in [0.15, 0.2) is 5.13 Å². The minimum absolute atomic E-state index is 0.391. The molecule has 15 heavy (non-hydrogen) atoms. The van der Waals surface area contributed by atoms with Crippen molar-refractivity contribution >= 4 is 22.4 Å². The minimum atomic E-state index is -0.746. The van der Waals surface area contributed by atoms with E-state index in [9.17, 15) is 4.79 Å². The van der Waals surface area contributed by atoms with E-state index < -0.39 is 11.9 Å². The molecule has 82 valence electrons. The first kappa shape index (κ1) is 10.4. The summed E-state index contributed by atoms with van der Waals surface area (Å²) in [4.78, 5) is 16.5. The molecule has 1 aromatic rings. The van der Waals surface area contributed by atoms with Crippen LogP contribution in [0.3, 0.4) is 0 Å². The monoisotopic (exact) mass is 226 g/mol. The number of fused-ring (bicyclic) bond motifs is 1. The highest BCUT2D eigenvalue weighted by molar-refractivity contribution is 7.15. The van der Waals surface area contributed by atoms with Crippen LogP contribution in [0, 0.1) is 0 Å². The second-order valence-corrected chi connectivity index (χ2v) is 4.72. The van der Waals surface area contributed by atoms with Crippen LogP contribution < -0.4 is 5.32 Å². The van der Waals surface area contributed by atoms with Gasteiger partial charge in [-0.1, -0.05) is 0 Å². The maximum Gasteiger partial charge on any atom is 0.312 e. The third-order valence-electron chi connectivity index (χ3n) is 2.58. The van der Waals surface area contributed by atoms with E-state index in [1.165, 1.54) is 0 Å². The average Bonchev–Trinajstić information content (AvgIpc) is 2.59. The van der Waals surface area contributed by atoms with Crippen LogP contribution in [0.4, 0.5) is 5.13 Å². The summed E-state index contributed by atoms with van der Waals surface area (Å²) in [5, 5.41) is 13.1. The largest absolute Gasteiger partial charge is 0.481 e. The molecule has 0 radical (unpaired) electrons. The smallest absolute Gasteiger partial charge is 0.312 e. The molecule has 4 nitrogen and oxygen atoms in total. The van der Waals surface area contributed by atoms with Gasteiger partial charge in [-0.25, -0.2) is 4.98 Å². The summed E-state index contributed by atoms with van der Waals surface area (Å²) in [6.45, 7) is 2.83. The second-order valence-electron chi connectivity index (χ2n) is 3.64. The molecule has 5 heteroatoms. The summed E-state index contributed by atoms with van der Waals surface area (Å²) in [6.07, 6.45) is 2.65. The summed E-state index contributed by atoms with van der Waals surface area (Å²) < 4.78 is 0. The third-order valence-corrected chi connectivity index (χ3v) is 3.67. The molecule has 1 unspecified atom stereocenters. The maximum absolute atomic E-state index is 11.0. The summed E-state index contributed by atoms with van der Waals surface area (Å²) >= 11 is 1.60. The molecule has 0 amide bonds. The number of carboxylic acid groups (broad SMARTS) is 1. The van der Waals surface area contributed by atoms with Crippen molar-refractivity contribution in [2.24, 2.45) is 0 Å². The van der Waals surface area contributed by atoms with E-state index in [0.29, 0.717) is 0 Å². The van der Waals surface area contributed by atoms with Crippen molar-refractivity contribution in [2.75, 3.05) is 11.9 Å².